The van der Waals surface area contributed by atoms with Crippen LogP contribution in [0.25, 0.3) is 0 Å². The minimum atomic E-state index is -0.876. The van der Waals surface area contributed by atoms with Gasteiger partial charge in [0.1, 0.15) is 24.6 Å². The van der Waals surface area contributed by atoms with Gasteiger partial charge in [0.2, 0.25) is 0 Å². The van der Waals surface area contributed by atoms with Crippen molar-refractivity contribution in [2.75, 3.05) is 7.11 Å². The number of carbonyl (C=O) groups is 1. The molecule has 0 aliphatic carbocycles. The quantitative estimate of drug-likeness (QED) is 0.269. The number of hydrogen-bond donors (Lipinski definition) is 1. The number of hydrazone groups is 1. The standard InChI is InChI=1S/C21H19Cl2N5O5/c1-13(27-11-18(28(30)31)21(26-27)32-2)20(29)25-24-10-14-6-3-4-9-19(14)33-12-15-16(22)7-5-8-17(15)23/h3-11,13H,12H2,1-2H3,(H,25,29)/b24-10-/t13-/m1/s1. The molecule has 10 nitrogen and oxygen atoms in total. The Balaban J connectivity index is 1.67. The Morgan fingerprint density at radius 2 is 1.97 bits per heavy atom. The molecule has 2 aromatic carbocycles. The maximum Gasteiger partial charge on any atom is 0.350 e. The summed E-state index contributed by atoms with van der Waals surface area (Å²) in [6.45, 7) is 1.66. The molecule has 0 fully saturated rings. The fourth-order valence-electron chi connectivity index (χ4n) is 2.75. The van der Waals surface area contributed by atoms with E-state index in [4.69, 9.17) is 32.7 Å². The summed E-state index contributed by atoms with van der Waals surface area (Å²) in [6, 6.07) is 11.4. The molecule has 0 saturated heterocycles. The maximum absolute atomic E-state index is 12.4. The third-order valence-electron chi connectivity index (χ3n) is 4.58. The molecule has 3 rings (SSSR count). The van der Waals surface area contributed by atoms with Gasteiger partial charge in [0.05, 0.1) is 18.2 Å². The van der Waals surface area contributed by atoms with E-state index in [1.807, 2.05) is 0 Å². The van der Waals surface area contributed by atoms with Crippen LogP contribution in [0.3, 0.4) is 0 Å². The minimum absolute atomic E-state index is 0.146. The summed E-state index contributed by atoms with van der Waals surface area (Å²) in [6.07, 6.45) is 2.54. The lowest BCUT2D eigenvalue weighted by Crippen LogP contribution is -2.27. The summed E-state index contributed by atoms with van der Waals surface area (Å²) in [4.78, 5) is 22.8. The summed E-state index contributed by atoms with van der Waals surface area (Å²) >= 11 is 12.4. The van der Waals surface area contributed by atoms with Crippen LogP contribution in [0.5, 0.6) is 11.6 Å². The first-order chi connectivity index (χ1) is 15.8. The Hall–Kier alpha value is -3.63. The van der Waals surface area contributed by atoms with E-state index < -0.39 is 16.9 Å². The van der Waals surface area contributed by atoms with Crippen LogP contribution >= 0.6 is 23.2 Å². The van der Waals surface area contributed by atoms with Gasteiger partial charge in [0.25, 0.3) is 5.91 Å². The maximum atomic E-state index is 12.4. The van der Waals surface area contributed by atoms with E-state index in [0.29, 0.717) is 26.9 Å². The molecule has 0 aliphatic rings. The van der Waals surface area contributed by atoms with Gasteiger partial charge in [0, 0.05) is 21.2 Å². The van der Waals surface area contributed by atoms with Crippen molar-refractivity contribution in [1.29, 1.82) is 0 Å². The molecular formula is C21H19Cl2N5O5. The third kappa shape index (κ3) is 5.79. The zero-order valence-electron chi connectivity index (χ0n) is 17.6. The molecular weight excluding hydrogens is 473 g/mol. The lowest BCUT2D eigenvalue weighted by Gasteiger charge is -2.12. The second-order valence-corrected chi connectivity index (χ2v) is 7.51. The third-order valence-corrected chi connectivity index (χ3v) is 5.29. The zero-order chi connectivity index (χ0) is 24.0. The van der Waals surface area contributed by atoms with Gasteiger partial charge in [-0.1, -0.05) is 41.4 Å². The lowest BCUT2D eigenvalue weighted by molar-refractivity contribution is -0.385. The Labute approximate surface area is 198 Å². The number of nitrogens with one attached hydrogen (secondary N) is 1. The molecule has 0 aliphatic heterocycles. The van der Waals surface area contributed by atoms with Gasteiger partial charge in [-0.25, -0.2) is 10.1 Å². The Morgan fingerprint density at radius 1 is 1.27 bits per heavy atom. The lowest BCUT2D eigenvalue weighted by atomic mass is 10.2. The van der Waals surface area contributed by atoms with Crippen LogP contribution < -0.4 is 14.9 Å². The predicted octanol–water partition coefficient (Wildman–Crippen LogP) is 4.40. The SMILES string of the molecule is COc1nn([C@H](C)C(=O)N/N=C\c2ccccc2OCc2c(Cl)cccc2Cl)cc1[N+](=O)[O-]. The van der Waals surface area contributed by atoms with Gasteiger partial charge in [-0.3, -0.25) is 14.9 Å². The fourth-order valence-corrected chi connectivity index (χ4v) is 3.26. The van der Waals surface area contributed by atoms with Crippen molar-refractivity contribution >= 4 is 41.0 Å². The molecule has 1 amide bonds. The van der Waals surface area contributed by atoms with E-state index in [1.54, 1.807) is 42.5 Å². The van der Waals surface area contributed by atoms with Crippen LogP contribution in [0, 0.1) is 10.1 Å². The summed E-state index contributed by atoms with van der Waals surface area (Å²) < 4.78 is 11.8. The second kappa shape index (κ2) is 10.8. The van der Waals surface area contributed by atoms with Gasteiger partial charge in [-0.05, 0) is 31.2 Å². The Bertz CT molecular complexity index is 1180. The molecule has 0 unspecified atom stereocenters. The van der Waals surface area contributed by atoms with Crippen molar-refractivity contribution in [2.45, 2.75) is 19.6 Å². The van der Waals surface area contributed by atoms with Crippen LogP contribution in [0.15, 0.2) is 53.8 Å². The highest BCUT2D eigenvalue weighted by Crippen LogP contribution is 2.27. The van der Waals surface area contributed by atoms with Crippen molar-refractivity contribution in [3.8, 4) is 11.6 Å². The number of rotatable bonds is 9. The fraction of sp³-hybridized carbons (Fsp3) is 0.190. The molecule has 0 saturated carbocycles. The number of halogens is 2. The number of nitro groups is 1. The molecule has 172 valence electrons. The first kappa shape index (κ1) is 24.0. The van der Waals surface area contributed by atoms with E-state index in [-0.39, 0.29) is 18.2 Å². The van der Waals surface area contributed by atoms with Crippen LogP contribution in [-0.4, -0.2) is 33.9 Å². The molecule has 1 aromatic heterocycles. The number of para-hydroxylation sites is 1. The number of amides is 1. The average Bonchev–Trinajstić information content (AvgIpc) is 3.24. The topological polar surface area (TPSA) is 121 Å². The minimum Gasteiger partial charge on any atom is -0.488 e. The molecule has 1 N–H and O–H groups in total. The zero-order valence-corrected chi connectivity index (χ0v) is 19.1. The largest absolute Gasteiger partial charge is 0.488 e. The molecule has 33 heavy (non-hydrogen) atoms. The summed E-state index contributed by atoms with van der Waals surface area (Å²) in [7, 11) is 1.26. The van der Waals surface area contributed by atoms with E-state index in [2.05, 4.69) is 15.6 Å². The van der Waals surface area contributed by atoms with Gasteiger partial charge in [0.15, 0.2) is 0 Å². The number of carbonyl (C=O) groups excluding carboxylic acids is 1. The first-order valence-electron chi connectivity index (χ1n) is 9.57. The van der Waals surface area contributed by atoms with Crippen molar-refractivity contribution in [2.24, 2.45) is 5.10 Å². The van der Waals surface area contributed by atoms with Crippen molar-refractivity contribution in [3.63, 3.8) is 0 Å². The highest BCUT2D eigenvalue weighted by atomic mass is 35.5. The van der Waals surface area contributed by atoms with Gasteiger partial charge >= 0.3 is 11.6 Å². The monoisotopic (exact) mass is 491 g/mol. The highest BCUT2D eigenvalue weighted by Gasteiger charge is 2.25. The van der Waals surface area contributed by atoms with E-state index in [9.17, 15) is 14.9 Å². The summed E-state index contributed by atoms with van der Waals surface area (Å²) in [5.41, 5.74) is 3.30. The number of nitrogens with zero attached hydrogens (tertiary/aromatic N) is 4. The number of methoxy groups -OCH3 is 1. The smallest absolute Gasteiger partial charge is 0.350 e. The molecule has 1 heterocycles. The number of hydrogen-bond acceptors (Lipinski definition) is 7. The van der Waals surface area contributed by atoms with Crippen LogP contribution in [-0.2, 0) is 11.4 Å². The second-order valence-electron chi connectivity index (χ2n) is 6.70. The Morgan fingerprint density at radius 3 is 2.61 bits per heavy atom. The first-order valence-corrected chi connectivity index (χ1v) is 10.3. The van der Waals surface area contributed by atoms with Gasteiger partial charge < -0.3 is 9.47 Å². The van der Waals surface area contributed by atoms with Gasteiger partial charge in [-0.15, -0.1) is 5.10 Å². The van der Waals surface area contributed by atoms with Gasteiger partial charge in [-0.2, -0.15) is 5.10 Å². The van der Waals surface area contributed by atoms with Crippen LogP contribution in [0.2, 0.25) is 10.0 Å². The van der Waals surface area contributed by atoms with E-state index in [1.165, 1.54) is 20.2 Å². The summed E-state index contributed by atoms with van der Waals surface area (Å²) in [5.74, 6) is -0.215. The molecule has 3 aromatic rings. The van der Waals surface area contributed by atoms with Crippen molar-refractivity contribution < 1.29 is 19.2 Å². The highest BCUT2D eigenvalue weighted by molar-refractivity contribution is 6.35. The summed E-state index contributed by atoms with van der Waals surface area (Å²) in [5, 5.41) is 19.9. The average molecular weight is 492 g/mol. The van der Waals surface area contributed by atoms with E-state index >= 15 is 0 Å². The van der Waals surface area contributed by atoms with E-state index in [0.717, 1.165) is 10.9 Å². The van der Waals surface area contributed by atoms with Crippen molar-refractivity contribution in [1.82, 2.24) is 15.2 Å². The van der Waals surface area contributed by atoms with Crippen LogP contribution in [0.1, 0.15) is 24.1 Å². The van der Waals surface area contributed by atoms with Crippen molar-refractivity contribution in [3.05, 3.63) is 79.9 Å². The Kier molecular flexibility index (Phi) is 7.86. The number of ether oxygens (including phenoxy) is 2. The number of benzene rings is 2. The normalized spacial score (nSPS) is 11.9. The predicted molar refractivity (Wildman–Crippen MR) is 123 cm³/mol. The molecule has 0 spiro atoms. The number of aromatic nitrogens is 2. The molecule has 0 bridgehead atoms. The molecule has 12 heteroatoms. The molecule has 1 atom stereocenters. The van der Waals surface area contributed by atoms with Crippen LogP contribution in [0.4, 0.5) is 5.69 Å². The molecule has 0 radical (unpaired) electrons.